The number of rotatable bonds is 8. The summed E-state index contributed by atoms with van der Waals surface area (Å²) in [6.45, 7) is 12.2. The normalized spacial score (nSPS) is 25.6. The maximum atomic E-state index is 2.65. The molecule has 30 heavy (non-hydrogen) atoms. The van der Waals surface area contributed by atoms with E-state index in [1.165, 1.54) is 37.7 Å². The summed E-state index contributed by atoms with van der Waals surface area (Å²) in [5.74, 6) is 1.85. The molecule has 0 radical (unpaired) electrons. The van der Waals surface area contributed by atoms with Crippen molar-refractivity contribution in [2.24, 2.45) is 17.8 Å². The Balaban J connectivity index is 1.70. The first-order valence-corrected chi connectivity index (χ1v) is 15.0. The Morgan fingerprint density at radius 3 is 2.17 bits per heavy atom. The van der Waals surface area contributed by atoms with Gasteiger partial charge < -0.3 is 0 Å². The van der Waals surface area contributed by atoms with E-state index in [-0.39, 0.29) is 0 Å². The van der Waals surface area contributed by atoms with E-state index < -0.39 is 8.07 Å². The van der Waals surface area contributed by atoms with Crippen LogP contribution in [0.15, 0.2) is 93.4 Å². The minimum atomic E-state index is -1.79. The van der Waals surface area contributed by atoms with Crippen LogP contribution in [0, 0.1) is 17.8 Å². The van der Waals surface area contributed by atoms with Gasteiger partial charge in [0.05, 0.1) is 0 Å². The summed E-state index contributed by atoms with van der Waals surface area (Å²) >= 11 is 0. The molecule has 0 spiro atoms. The SMILES string of the molecule is CCCCC(CC)CC1=CC([Si](C)(C)C2=C3C=CC=CC3C(C)=C2)=C2C=CC=CC12. The van der Waals surface area contributed by atoms with Crippen molar-refractivity contribution in [3.05, 3.63) is 93.4 Å². The minimum Gasteiger partial charge on any atom is -0.0730 e. The molecule has 0 aromatic carbocycles. The molecule has 0 aromatic rings. The minimum absolute atomic E-state index is 0.503. The average Bonchev–Trinajstić information content (AvgIpc) is 3.30. The zero-order valence-electron chi connectivity index (χ0n) is 19.5. The van der Waals surface area contributed by atoms with Gasteiger partial charge in [0.15, 0.2) is 0 Å². The number of hydrogen-bond donors (Lipinski definition) is 0. The van der Waals surface area contributed by atoms with E-state index in [1.54, 1.807) is 27.1 Å². The molecule has 4 rings (SSSR count). The second-order valence-electron chi connectivity index (χ2n) is 10.0. The van der Waals surface area contributed by atoms with Crippen molar-refractivity contribution in [2.45, 2.75) is 66.0 Å². The van der Waals surface area contributed by atoms with E-state index in [0.29, 0.717) is 11.8 Å². The lowest BCUT2D eigenvalue weighted by Gasteiger charge is -2.28. The first-order valence-electron chi connectivity index (χ1n) is 12.0. The molecule has 3 unspecified atom stereocenters. The highest BCUT2D eigenvalue weighted by Crippen LogP contribution is 2.48. The summed E-state index contributed by atoms with van der Waals surface area (Å²) in [5, 5.41) is 3.31. The summed E-state index contributed by atoms with van der Waals surface area (Å²) in [4.78, 5) is 0. The molecular weight excluding hydrogens is 376 g/mol. The second-order valence-corrected chi connectivity index (χ2v) is 14.4. The summed E-state index contributed by atoms with van der Waals surface area (Å²) in [6.07, 6.45) is 30.3. The molecule has 0 amide bonds. The summed E-state index contributed by atoms with van der Waals surface area (Å²) in [6, 6.07) is 0. The Kier molecular flexibility index (Phi) is 6.20. The van der Waals surface area contributed by atoms with Crippen molar-refractivity contribution in [1.29, 1.82) is 0 Å². The highest BCUT2D eigenvalue weighted by atomic mass is 28.3. The molecule has 0 saturated heterocycles. The van der Waals surface area contributed by atoms with Crippen LogP contribution >= 0.6 is 0 Å². The number of allylic oxidation sites excluding steroid dienone is 16. The third-order valence-corrected chi connectivity index (χ3v) is 11.2. The van der Waals surface area contributed by atoms with Gasteiger partial charge in [-0.2, -0.15) is 0 Å². The van der Waals surface area contributed by atoms with E-state index in [0.717, 1.165) is 5.92 Å². The number of unbranched alkanes of at least 4 members (excludes halogenated alkanes) is 1. The van der Waals surface area contributed by atoms with Gasteiger partial charge in [0, 0.05) is 11.8 Å². The standard InChI is InChI=1S/C29H38Si/c1-6-8-13-22(7-2)19-23-20-29(27-17-12-10-15-25(23)27)30(4,5)28-18-21(3)24-14-9-11-16-26(24)28/h9-12,14-18,20,22,24-25H,6-8,13,19H2,1-5H3. The van der Waals surface area contributed by atoms with Gasteiger partial charge in [0.2, 0.25) is 0 Å². The zero-order valence-corrected chi connectivity index (χ0v) is 20.5. The number of hydrogen-bond acceptors (Lipinski definition) is 0. The average molecular weight is 415 g/mol. The van der Waals surface area contributed by atoms with Crippen LogP contribution in [0.1, 0.15) is 52.9 Å². The number of fused-ring (bicyclic) bond motifs is 2. The lowest BCUT2D eigenvalue weighted by molar-refractivity contribution is 0.440. The van der Waals surface area contributed by atoms with Crippen LogP contribution in [0.2, 0.25) is 13.1 Å². The van der Waals surface area contributed by atoms with Crippen molar-refractivity contribution in [2.75, 3.05) is 0 Å². The lowest BCUT2D eigenvalue weighted by atomic mass is 9.84. The molecule has 0 bridgehead atoms. The molecule has 1 heteroatoms. The predicted octanol–water partition coefficient (Wildman–Crippen LogP) is 8.36. The molecular formula is C29H38Si. The van der Waals surface area contributed by atoms with Crippen LogP contribution in [0.3, 0.4) is 0 Å². The maximum Gasteiger partial charge on any atom is 0.113 e. The molecule has 4 aliphatic carbocycles. The molecule has 4 aliphatic rings. The van der Waals surface area contributed by atoms with E-state index in [1.807, 2.05) is 0 Å². The van der Waals surface area contributed by atoms with Crippen molar-refractivity contribution in [3.8, 4) is 0 Å². The third kappa shape index (κ3) is 3.78. The van der Waals surface area contributed by atoms with Crippen LogP contribution in [0.5, 0.6) is 0 Å². The third-order valence-electron chi connectivity index (χ3n) is 7.68. The van der Waals surface area contributed by atoms with Gasteiger partial charge in [-0.3, -0.25) is 0 Å². The monoisotopic (exact) mass is 414 g/mol. The van der Waals surface area contributed by atoms with Crippen molar-refractivity contribution in [1.82, 2.24) is 0 Å². The predicted molar refractivity (Wildman–Crippen MR) is 135 cm³/mol. The van der Waals surface area contributed by atoms with E-state index in [2.05, 4.69) is 94.6 Å². The Bertz CT molecular complexity index is 939. The Labute approximate surface area is 185 Å². The van der Waals surface area contributed by atoms with Crippen LogP contribution in [0.4, 0.5) is 0 Å². The van der Waals surface area contributed by atoms with Gasteiger partial charge in [0.25, 0.3) is 0 Å². The fraction of sp³-hybridized carbons (Fsp3) is 0.448. The summed E-state index contributed by atoms with van der Waals surface area (Å²) < 4.78 is 0. The highest BCUT2D eigenvalue weighted by molar-refractivity contribution is 6.92. The van der Waals surface area contributed by atoms with Gasteiger partial charge in [-0.1, -0.05) is 135 Å². The van der Waals surface area contributed by atoms with Gasteiger partial charge >= 0.3 is 0 Å². The molecule has 0 aliphatic heterocycles. The molecule has 0 N–H and O–H groups in total. The molecule has 0 aromatic heterocycles. The lowest BCUT2D eigenvalue weighted by Crippen LogP contribution is -2.32. The van der Waals surface area contributed by atoms with E-state index >= 15 is 0 Å². The molecule has 158 valence electrons. The van der Waals surface area contributed by atoms with E-state index in [4.69, 9.17) is 0 Å². The summed E-state index contributed by atoms with van der Waals surface area (Å²) in [5.41, 5.74) is 6.33. The highest BCUT2D eigenvalue weighted by Gasteiger charge is 2.40. The second kappa shape index (κ2) is 8.71. The molecule has 0 fully saturated rings. The van der Waals surface area contributed by atoms with Crippen LogP contribution in [-0.4, -0.2) is 8.07 Å². The van der Waals surface area contributed by atoms with Crippen LogP contribution < -0.4 is 0 Å². The Morgan fingerprint density at radius 1 is 0.867 bits per heavy atom. The van der Waals surface area contributed by atoms with Crippen molar-refractivity contribution >= 4 is 8.07 Å². The zero-order chi connectivity index (χ0) is 21.3. The largest absolute Gasteiger partial charge is 0.113 e. The Hall–Kier alpha value is -1.86. The van der Waals surface area contributed by atoms with Gasteiger partial charge in [-0.25, -0.2) is 0 Å². The quantitative estimate of drug-likeness (QED) is 0.350. The molecule has 0 heterocycles. The topological polar surface area (TPSA) is 0 Å². The van der Waals surface area contributed by atoms with E-state index in [9.17, 15) is 0 Å². The van der Waals surface area contributed by atoms with Gasteiger partial charge in [0.1, 0.15) is 8.07 Å². The van der Waals surface area contributed by atoms with Crippen LogP contribution in [0.25, 0.3) is 0 Å². The maximum absolute atomic E-state index is 2.65. The molecule has 3 atom stereocenters. The fourth-order valence-electron chi connectivity index (χ4n) is 5.77. The fourth-order valence-corrected chi connectivity index (χ4v) is 9.11. The Morgan fingerprint density at radius 2 is 1.50 bits per heavy atom. The molecule has 0 saturated carbocycles. The van der Waals surface area contributed by atoms with Gasteiger partial charge in [-0.05, 0) is 30.4 Å². The first-order chi connectivity index (χ1) is 14.5. The van der Waals surface area contributed by atoms with Crippen molar-refractivity contribution < 1.29 is 0 Å². The summed E-state index contributed by atoms with van der Waals surface area (Å²) in [7, 11) is -1.79. The first kappa shape index (κ1) is 21.4. The smallest absolute Gasteiger partial charge is 0.0730 e. The van der Waals surface area contributed by atoms with Crippen LogP contribution in [-0.2, 0) is 0 Å². The van der Waals surface area contributed by atoms with Gasteiger partial charge in [-0.15, -0.1) is 0 Å². The molecule has 0 nitrogen and oxygen atoms in total. The van der Waals surface area contributed by atoms with Crippen molar-refractivity contribution in [3.63, 3.8) is 0 Å².